The predicted octanol–water partition coefficient (Wildman–Crippen LogP) is 5.48. The molecule has 1 aromatic heterocycles. The lowest BCUT2D eigenvalue weighted by molar-refractivity contribution is 0.102. The zero-order chi connectivity index (χ0) is 23.4. The molecule has 0 saturated carbocycles. The van der Waals surface area contributed by atoms with Crippen molar-refractivity contribution in [1.29, 1.82) is 0 Å². The van der Waals surface area contributed by atoms with E-state index in [1.807, 2.05) is 29.6 Å². The van der Waals surface area contributed by atoms with Gasteiger partial charge in [0.15, 0.2) is 5.13 Å². The van der Waals surface area contributed by atoms with E-state index in [-0.39, 0.29) is 10.8 Å². The number of ether oxygens (including phenoxy) is 1. The molecule has 0 bridgehead atoms. The van der Waals surface area contributed by atoms with Gasteiger partial charge >= 0.3 is 0 Å². The second-order valence-corrected chi connectivity index (χ2v) is 10.6. The maximum absolute atomic E-state index is 12.6. The third-order valence-electron chi connectivity index (χ3n) is 4.63. The number of amides is 1. The minimum Gasteiger partial charge on any atom is -0.497 e. The Labute approximate surface area is 209 Å². The summed E-state index contributed by atoms with van der Waals surface area (Å²) in [6.07, 6.45) is 0. The molecule has 0 aliphatic carbocycles. The Morgan fingerprint density at radius 1 is 0.970 bits per heavy atom. The number of benzene rings is 3. The van der Waals surface area contributed by atoms with Gasteiger partial charge in [-0.2, -0.15) is 0 Å². The second-order valence-electron chi connectivity index (χ2n) is 6.86. The number of hydrogen-bond donors (Lipinski definition) is 2. The number of rotatable bonds is 7. The zero-order valence-electron chi connectivity index (χ0n) is 17.3. The molecular weight excluding hydrogens is 573 g/mol. The van der Waals surface area contributed by atoms with Gasteiger partial charge in [0.05, 0.1) is 17.7 Å². The van der Waals surface area contributed by atoms with E-state index in [1.165, 1.54) is 42.7 Å². The summed E-state index contributed by atoms with van der Waals surface area (Å²) in [4.78, 5) is 17.2. The van der Waals surface area contributed by atoms with Crippen LogP contribution in [-0.4, -0.2) is 26.4 Å². The molecule has 168 valence electrons. The van der Waals surface area contributed by atoms with Gasteiger partial charge in [0.1, 0.15) is 5.75 Å². The van der Waals surface area contributed by atoms with Crippen LogP contribution in [0.15, 0.2) is 83.1 Å². The fourth-order valence-corrected chi connectivity index (χ4v) is 5.05. The number of thiazole rings is 1. The van der Waals surface area contributed by atoms with Crippen molar-refractivity contribution in [2.24, 2.45) is 0 Å². The number of carbonyl (C=O) groups excluding carboxylic acids is 1. The first-order chi connectivity index (χ1) is 15.8. The molecule has 0 saturated heterocycles. The second kappa shape index (κ2) is 9.89. The van der Waals surface area contributed by atoms with Crippen LogP contribution < -0.4 is 14.8 Å². The average molecular weight is 591 g/mol. The average Bonchev–Trinajstić information content (AvgIpc) is 3.28. The first-order valence-corrected chi connectivity index (χ1v) is 13.1. The van der Waals surface area contributed by atoms with Gasteiger partial charge in [-0.25, -0.2) is 13.4 Å². The number of carbonyl (C=O) groups is 1. The van der Waals surface area contributed by atoms with Gasteiger partial charge in [0, 0.05) is 25.8 Å². The molecule has 10 heteroatoms. The smallest absolute Gasteiger partial charge is 0.261 e. The first kappa shape index (κ1) is 23.2. The van der Waals surface area contributed by atoms with Crippen LogP contribution in [0.1, 0.15) is 10.4 Å². The highest BCUT2D eigenvalue weighted by Gasteiger charge is 2.15. The molecule has 0 aliphatic rings. The molecular formula is C23H18IN3O4S2. The molecule has 0 fully saturated rings. The summed E-state index contributed by atoms with van der Waals surface area (Å²) < 4.78 is 33.8. The number of aromatic nitrogens is 1. The lowest BCUT2D eigenvalue weighted by atomic mass is 10.2. The fraction of sp³-hybridized carbons (Fsp3) is 0.0435. The Hall–Kier alpha value is -2.96. The van der Waals surface area contributed by atoms with E-state index >= 15 is 0 Å². The Kier molecular flexibility index (Phi) is 6.96. The van der Waals surface area contributed by atoms with Gasteiger partial charge < -0.3 is 4.74 Å². The normalized spacial score (nSPS) is 11.1. The largest absolute Gasteiger partial charge is 0.497 e. The van der Waals surface area contributed by atoms with E-state index in [2.05, 4.69) is 37.6 Å². The van der Waals surface area contributed by atoms with Gasteiger partial charge in [-0.15, -0.1) is 11.3 Å². The molecule has 0 atom stereocenters. The van der Waals surface area contributed by atoms with Crippen LogP contribution in [0, 0.1) is 3.57 Å². The van der Waals surface area contributed by atoms with Gasteiger partial charge in [-0.1, -0.05) is 12.1 Å². The van der Waals surface area contributed by atoms with Crippen LogP contribution in [-0.2, 0) is 10.0 Å². The van der Waals surface area contributed by atoms with Gasteiger partial charge in [0.2, 0.25) is 0 Å². The molecule has 33 heavy (non-hydrogen) atoms. The van der Waals surface area contributed by atoms with E-state index in [4.69, 9.17) is 4.74 Å². The summed E-state index contributed by atoms with van der Waals surface area (Å²) >= 11 is 3.58. The molecule has 0 aliphatic heterocycles. The Morgan fingerprint density at radius 3 is 2.27 bits per heavy atom. The Bertz CT molecular complexity index is 1370. The Morgan fingerprint density at radius 2 is 1.64 bits per heavy atom. The summed E-state index contributed by atoms with van der Waals surface area (Å²) in [5, 5.41) is 5.15. The highest BCUT2D eigenvalue weighted by molar-refractivity contribution is 14.1. The van der Waals surface area contributed by atoms with Crippen molar-refractivity contribution >= 4 is 60.7 Å². The molecule has 3 aromatic carbocycles. The van der Waals surface area contributed by atoms with Crippen molar-refractivity contribution in [3.8, 4) is 17.0 Å². The topological polar surface area (TPSA) is 97.4 Å². The molecule has 1 amide bonds. The molecule has 0 radical (unpaired) electrons. The van der Waals surface area contributed by atoms with Crippen molar-refractivity contribution in [2.45, 2.75) is 4.90 Å². The molecule has 0 spiro atoms. The highest BCUT2D eigenvalue weighted by atomic mass is 127. The van der Waals surface area contributed by atoms with E-state index in [0.717, 1.165) is 14.8 Å². The van der Waals surface area contributed by atoms with Crippen molar-refractivity contribution in [3.63, 3.8) is 0 Å². The van der Waals surface area contributed by atoms with Gasteiger partial charge in [-0.3, -0.25) is 14.8 Å². The number of halogens is 1. The molecule has 2 N–H and O–H groups in total. The first-order valence-electron chi connectivity index (χ1n) is 9.64. The minimum absolute atomic E-state index is 0.109. The molecule has 1 heterocycles. The number of sulfonamides is 1. The predicted molar refractivity (Wildman–Crippen MR) is 138 cm³/mol. The van der Waals surface area contributed by atoms with Crippen molar-refractivity contribution in [3.05, 3.63) is 87.3 Å². The van der Waals surface area contributed by atoms with Crippen molar-refractivity contribution < 1.29 is 17.9 Å². The molecule has 4 aromatic rings. The monoisotopic (exact) mass is 591 g/mol. The molecule has 0 unspecified atom stereocenters. The number of methoxy groups -OCH3 is 1. The van der Waals surface area contributed by atoms with Crippen LogP contribution in [0.2, 0.25) is 0 Å². The SMILES string of the molecule is COc1ccc(S(=O)(=O)Nc2ccc(C(=O)Nc3nc(-c4ccc(I)cc4)cs3)cc2)cc1. The number of nitrogens with one attached hydrogen (secondary N) is 2. The summed E-state index contributed by atoms with van der Waals surface area (Å²) in [5.74, 6) is 0.235. The maximum Gasteiger partial charge on any atom is 0.261 e. The maximum atomic E-state index is 12.6. The Balaban J connectivity index is 1.41. The van der Waals surface area contributed by atoms with E-state index < -0.39 is 10.0 Å². The van der Waals surface area contributed by atoms with Crippen LogP contribution in [0.25, 0.3) is 11.3 Å². The summed E-state index contributed by atoms with van der Waals surface area (Å²) in [7, 11) is -2.25. The van der Waals surface area contributed by atoms with E-state index in [1.54, 1.807) is 24.3 Å². The number of anilines is 2. The fourth-order valence-electron chi connectivity index (χ4n) is 2.91. The van der Waals surface area contributed by atoms with Crippen molar-refractivity contribution in [2.75, 3.05) is 17.1 Å². The summed E-state index contributed by atoms with van der Waals surface area (Å²) in [6.45, 7) is 0. The molecule has 4 rings (SSSR count). The van der Waals surface area contributed by atoms with Crippen LogP contribution in [0.5, 0.6) is 5.75 Å². The highest BCUT2D eigenvalue weighted by Crippen LogP contribution is 2.26. The van der Waals surface area contributed by atoms with Gasteiger partial charge in [-0.05, 0) is 83.3 Å². The minimum atomic E-state index is -3.76. The third kappa shape index (κ3) is 5.70. The molecule has 7 nitrogen and oxygen atoms in total. The lowest BCUT2D eigenvalue weighted by Crippen LogP contribution is -2.14. The number of hydrogen-bond acceptors (Lipinski definition) is 6. The van der Waals surface area contributed by atoms with Gasteiger partial charge in [0.25, 0.3) is 15.9 Å². The van der Waals surface area contributed by atoms with Crippen LogP contribution >= 0.6 is 33.9 Å². The summed E-state index contributed by atoms with van der Waals surface area (Å²) in [5.41, 5.74) is 2.49. The van der Waals surface area contributed by atoms with Crippen molar-refractivity contribution in [1.82, 2.24) is 4.98 Å². The third-order valence-corrected chi connectivity index (χ3v) is 7.51. The quantitative estimate of drug-likeness (QED) is 0.278. The van der Waals surface area contributed by atoms with Crippen LogP contribution in [0.4, 0.5) is 10.8 Å². The number of nitrogens with zero attached hydrogens (tertiary/aromatic N) is 1. The van der Waals surface area contributed by atoms with Crippen LogP contribution in [0.3, 0.4) is 0 Å². The van der Waals surface area contributed by atoms with E-state index in [0.29, 0.717) is 22.1 Å². The lowest BCUT2D eigenvalue weighted by Gasteiger charge is -2.09. The standard InChI is InChI=1S/C23H18IN3O4S2/c1-31-19-10-12-20(13-11-19)33(29,30)27-18-8-4-16(5-9-18)22(28)26-23-25-21(14-32-23)15-2-6-17(24)7-3-15/h2-14,27H,1H3,(H,25,26,28). The summed E-state index contributed by atoms with van der Waals surface area (Å²) in [6, 6.07) is 20.2. The van der Waals surface area contributed by atoms with E-state index in [9.17, 15) is 13.2 Å². The zero-order valence-corrected chi connectivity index (χ0v) is 21.1.